The summed E-state index contributed by atoms with van der Waals surface area (Å²) in [4.78, 5) is 28.2. The van der Waals surface area contributed by atoms with E-state index in [0.717, 1.165) is 83.0 Å². The Morgan fingerprint density at radius 2 is 0.949 bits per heavy atom. The van der Waals surface area contributed by atoms with Crippen molar-refractivity contribution in [1.82, 2.24) is 24.1 Å². The van der Waals surface area contributed by atoms with Gasteiger partial charge in [-0.2, -0.15) is 0 Å². The fourth-order valence-corrected chi connectivity index (χ4v) is 8.34. The summed E-state index contributed by atoms with van der Waals surface area (Å²) in [6, 6.07) is 60.6. The highest BCUT2D eigenvalue weighted by atomic mass is 16.3. The summed E-state index contributed by atoms with van der Waals surface area (Å²) in [5.41, 5.74) is 12.3. The normalized spacial score (nSPS) is 11.6. The third kappa shape index (κ3) is 5.91. The summed E-state index contributed by atoms with van der Waals surface area (Å²) in [5, 5.41) is 4.49. The fourth-order valence-electron chi connectivity index (χ4n) is 8.34. The molecule has 59 heavy (non-hydrogen) atoms. The van der Waals surface area contributed by atoms with Crippen molar-refractivity contribution < 1.29 is 4.42 Å². The van der Waals surface area contributed by atoms with E-state index in [-0.39, 0.29) is 5.69 Å². The van der Waals surface area contributed by atoms with Crippen molar-refractivity contribution in [2.75, 3.05) is 0 Å². The molecule has 280 valence electrons. The summed E-state index contributed by atoms with van der Waals surface area (Å²) in [6.07, 6.45) is 0. The molecule has 0 saturated carbocycles. The zero-order valence-corrected chi connectivity index (χ0v) is 32.3. The first kappa shape index (κ1) is 34.4. The van der Waals surface area contributed by atoms with Crippen molar-refractivity contribution in [3.8, 4) is 67.5 Å². The van der Waals surface area contributed by atoms with Crippen LogP contribution in [0, 0.1) is 0 Å². The third-order valence-corrected chi connectivity index (χ3v) is 11.4. The van der Waals surface area contributed by atoms with Gasteiger partial charge in [0.15, 0.2) is 17.5 Å². The van der Waals surface area contributed by atoms with E-state index in [2.05, 4.69) is 109 Å². The predicted molar refractivity (Wildman–Crippen MR) is 239 cm³/mol. The van der Waals surface area contributed by atoms with Gasteiger partial charge in [-0.15, -0.1) is 0 Å². The molecule has 7 heteroatoms. The first-order valence-corrected chi connectivity index (χ1v) is 19.6. The number of imidazole rings is 1. The molecule has 3 heterocycles. The summed E-state index contributed by atoms with van der Waals surface area (Å²) < 4.78 is 9.57. The van der Waals surface area contributed by atoms with Gasteiger partial charge in [0.05, 0.1) is 11.0 Å². The maximum absolute atomic E-state index is 12.7. The van der Waals surface area contributed by atoms with Gasteiger partial charge in [-0.3, -0.25) is 9.13 Å². The molecular weight excluding hydrogens is 727 g/mol. The number of hydrogen-bond donors (Lipinski definition) is 0. The Labute approximate surface area is 339 Å². The van der Waals surface area contributed by atoms with E-state index < -0.39 is 0 Å². The van der Waals surface area contributed by atoms with Gasteiger partial charge in [-0.1, -0.05) is 121 Å². The van der Waals surface area contributed by atoms with Crippen LogP contribution in [0.1, 0.15) is 0 Å². The van der Waals surface area contributed by atoms with Crippen LogP contribution in [0.3, 0.4) is 0 Å². The van der Waals surface area contributed by atoms with E-state index in [9.17, 15) is 4.79 Å². The highest BCUT2D eigenvalue weighted by Gasteiger charge is 2.18. The summed E-state index contributed by atoms with van der Waals surface area (Å²) in [7, 11) is 3.61. The van der Waals surface area contributed by atoms with E-state index in [1.807, 2.05) is 66.7 Å². The Kier molecular flexibility index (Phi) is 7.94. The van der Waals surface area contributed by atoms with Crippen molar-refractivity contribution >= 4 is 43.7 Å². The van der Waals surface area contributed by atoms with Crippen LogP contribution in [0.2, 0.25) is 0 Å². The molecule has 0 aliphatic rings. The van der Waals surface area contributed by atoms with E-state index in [4.69, 9.17) is 19.4 Å². The van der Waals surface area contributed by atoms with Crippen molar-refractivity contribution in [3.05, 3.63) is 186 Å². The van der Waals surface area contributed by atoms with Gasteiger partial charge in [0.1, 0.15) is 11.2 Å². The number of aryl methyl sites for hydroxylation is 2. The first-order chi connectivity index (χ1) is 28.9. The van der Waals surface area contributed by atoms with Gasteiger partial charge in [-0.25, -0.2) is 19.7 Å². The average Bonchev–Trinajstić information content (AvgIpc) is 3.78. The van der Waals surface area contributed by atoms with Crippen molar-refractivity contribution in [3.63, 3.8) is 0 Å². The molecule has 8 aromatic carbocycles. The van der Waals surface area contributed by atoms with Crippen LogP contribution >= 0.6 is 0 Å². The predicted octanol–water partition coefficient (Wildman–Crippen LogP) is 12.1. The van der Waals surface area contributed by atoms with Crippen molar-refractivity contribution in [2.45, 2.75) is 0 Å². The molecule has 11 rings (SSSR count). The number of hydrogen-bond acceptors (Lipinski definition) is 5. The summed E-state index contributed by atoms with van der Waals surface area (Å²) >= 11 is 0. The van der Waals surface area contributed by atoms with Gasteiger partial charge < -0.3 is 4.42 Å². The smallest absolute Gasteiger partial charge is 0.328 e. The molecule has 0 fully saturated rings. The Bertz CT molecular complexity index is 3500. The molecule has 7 nitrogen and oxygen atoms in total. The monoisotopic (exact) mass is 761 g/mol. The Morgan fingerprint density at radius 3 is 1.81 bits per heavy atom. The van der Waals surface area contributed by atoms with Gasteiger partial charge in [0, 0.05) is 41.6 Å². The molecule has 0 amide bonds. The molecule has 0 aliphatic carbocycles. The van der Waals surface area contributed by atoms with Crippen LogP contribution < -0.4 is 5.69 Å². The van der Waals surface area contributed by atoms with Crippen LogP contribution in [0.5, 0.6) is 0 Å². The molecule has 0 radical (unpaired) electrons. The molecule has 3 aromatic heterocycles. The molecule has 0 bridgehead atoms. The molecule has 0 saturated heterocycles. The average molecular weight is 762 g/mol. The maximum atomic E-state index is 12.7. The summed E-state index contributed by atoms with van der Waals surface area (Å²) in [6.45, 7) is 0. The largest absolute Gasteiger partial charge is 0.456 e. The number of para-hydroxylation sites is 1. The van der Waals surface area contributed by atoms with Crippen LogP contribution in [-0.2, 0) is 14.1 Å². The second-order valence-corrected chi connectivity index (χ2v) is 15.0. The number of benzene rings is 8. The quantitative estimate of drug-likeness (QED) is 0.169. The van der Waals surface area contributed by atoms with E-state index >= 15 is 0 Å². The van der Waals surface area contributed by atoms with E-state index in [1.54, 1.807) is 23.2 Å². The molecular formula is C52H35N5O2. The molecule has 0 N–H and O–H groups in total. The number of nitrogens with zero attached hydrogens (tertiary/aromatic N) is 5. The van der Waals surface area contributed by atoms with Gasteiger partial charge in [0.2, 0.25) is 0 Å². The Morgan fingerprint density at radius 1 is 0.390 bits per heavy atom. The lowest BCUT2D eigenvalue weighted by Gasteiger charge is -2.14. The number of fused-ring (bicyclic) bond motifs is 5. The van der Waals surface area contributed by atoms with Gasteiger partial charge >= 0.3 is 5.69 Å². The lowest BCUT2D eigenvalue weighted by molar-refractivity contribution is 0.669. The lowest BCUT2D eigenvalue weighted by Crippen LogP contribution is -2.19. The van der Waals surface area contributed by atoms with Crippen LogP contribution in [0.25, 0.3) is 111 Å². The molecule has 0 atom stereocenters. The fraction of sp³-hybridized carbons (Fsp3) is 0.0385. The Balaban J connectivity index is 1.11. The van der Waals surface area contributed by atoms with Gasteiger partial charge in [-0.05, 0) is 98.8 Å². The van der Waals surface area contributed by atoms with Crippen LogP contribution in [0.4, 0.5) is 0 Å². The molecule has 0 aliphatic heterocycles. The SMILES string of the molecule is Cn1c(=O)n(C)c2cc(-c3cccc(-c4nc(-c5ccccc5)nc(-c5cc(-c6ccc7oc8ccccc8c7c6)cc(-c6cccc7ccccc67)c5)n4)c3)ccc21. The molecule has 0 spiro atoms. The second kappa shape index (κ2) is 13.6. The number of rotatable bonds is 6. The second-order valence-electron chi connectivity index (χ2n) is 15.0. The Hall–Kier alpha value is -7.90. The maximum Gasteiger partial charge on any atom is 0.328 e. The highest BCUT2D eigenvalue weighted by Crippen LogP contribution is 2.38. The molecule has 11 aromatic rings. The minimum absolute atomic E-state index is 0.0553. The number of furan rings is 1. The standard InChI is InChI=1S/C52H35N5O2/c1-56-45-24-22-36(31-46(45)57(2)52(56)58)34-16-10-17-37(26-34)50-53-49(33-13-4-3-5-14-33)54-51(55-50)40-28-38(27-39(29-40)42-20-11-15-32-12-6-7-18-41(32)42)35-23-25-48-44(30-35)43-19-8-9-21-47(43)59-48/h3-31H,1-2H3. The van der Waals surface area contributed by atoms with Crippen molar-refractivity contribution in [2.24, 2.45) is 14.1 Å². The van der Waals surface area contributed by atoms with Crippen LogP contribution in [0.15, 0.2) is 185 Å². The first-order valence-electron chi connectivity index (χ1n) is 19.6. The van der Waals surface area contributed by atoms with Crippen molar-refractivity contribution in [1.29, 1.82) is 0 Å². The zero-order chi connectivity index (χ0) is 39.6. The minimum atomic E-state index is -0.0553. The summed E-state index contributed by atoms with van der Waals surface area (Å²) in [5.74, 6) is 1.71. The van der Waals surface area contributed by atoms with Crippen LogP contribution in [-0.4, -0.2) is 24.1 Å². The minimum Gasteiger partial charge on any atom is -0.456 e. The zero-order valence-electron chi connectivity index (χ0n) is 32.3. The third-order valence-electron chi connectivity index (χ3n) is 11.4. The highest BCUT2D eigenvalue weighted by molar-refractivity contribution is 6.06. The topological polar surface area (TPSA) is 78.7 Å². The van der Waals surface area contributed by atoms with E-state index in [1.165, 1.54) is 10.8 Å². The lowest BCUT2D eigenvalue weighted by atomic mass is 9.92. The molecule has 0 unspecified atom stereocenters. The number of aromatic nitrogens is 5. The van der Waals surface area contributed by atoms with E-state index in [0.29, 0.717) is 17.5 Å². The van der Waals surface area contributed by atoms with Gasteiger partial charge in [0.25, 0.3) is 0 Å².